The third-order valence-corrected chi connectivity index (χ3v) is 4.87. The van der Waals surface area contributed by atoms with Gasteiger partial charge in [0.1, 0.15) is 11.5 Å². The number of carbonyl (C=O) groups is 1. The fourth-order valence-electron chi connectivity index (χ4n) is 3.17. The van der Waals surface area contributed by atoms with Gasteiger partial charge in [0.2, 0.25) is 0 Å². The number of nitrogens with zero attached hydrogens (tertiary/aromatic N) is 3. The number of aromatic nitrogens is 3. The van der Waals surface area contributed by atoms with E-state index in [9.17, 15) is 18.0 Å². The summed E-state index contributed by atoms with van der Waals surface area (Å²) in [6.07, 6.45) is -0.790. The van der Waals surface area contributed by atoms with Crippen molar-refractivity contribution in [2.24, 2.45) is 0 Å². The predicted molar refractivity (Wildman–Crippen MR) is 117 cm³/mol. The van der Waals surface area contributed by atoms with Crippen LogP contribution in [0.3, 0.4) is 0 Å². The van der Waals surface area contributed by atoms with E-state index in [-0.39, 0.29) is 10.7 Å². The first-order chi connectivity index (χ1) is 15.7. The smallest absolute Gasteiger partial charge is 0.434 e. The van der Waals surface area contributed by atoms with Crippen LogP contribution in [0.15, 0.2) is 73.2 Å². The number of carbonyl (C=O) groups excluding carboxylic acids is 1. The number of aryl methyl sites for hydroxylation is 1. The third kappa shape index (κ3) is 4.98. The minimum Gasteiger partial charge on any atom is -0.455 e. The molecule has 0 saturated carbocycles. The zero-order chi connectivity index (χ0) is 23.6. The van der Waals surface area contributed by atoms with Crippen molar-refractivity contribution < 1.29 is 22.7 Å². The lowest BCUT2D eigenvalue weighted by Crippen LogP contribution is -2.20. The molecule has 1 N–H and O–H groups in total. The number of ether oxygens (including phenoxy) is 1. The van der Waals surface area contributed by atoms with Crippen molar-refractivity contribution in [3.05, 3.63) is 95.0 Å². The van der Waals surface area contributed by atoms with Gasteiger partial charge in [-0.25, -0.2) is 4.68 Å². The van der Waals surface area contributed by atoms with Crippen LogP contribution in [0.2, 0.25) is 5.02 Å². The molecule has 1 amide bonds. The van der Waals surface area contributed by atoms with E-state index in [4.69, 9.17) is 16.3 Å². The summed E-state index contributed by atoms with van der Waals surface area (Å²) in [5, 5.41) is 6.52. The Morgan fingerprint density at radius 2 is 1.91 bits per heavy atom. The van der Waals surface area contributed by atoms with E-state index >= 15 is 0 Å². The van der Waals surface area contributed by atoms with Crippen LogP contribution < -0.4 is 10.1 Å². The largest absolute Gasteiger partial charge is 0.455 e. The van der Waals surface area contributed by atoms with E-state index in [1.165, 1.54) is 30.3 Å². The molecule has 0 aliphatic rings. The van der Waals surface area contributed by atoms with Gasteiger partial charge in [0.15, 0.2) is 5.69 Å². The molecular formula is C23H16ClF3N4O2. The van der Waals surface area contributed by atoms with Gasteiger partial charge < -0.3 is 10.1 Å². The van der Waals surface area contributed by atoms with Crippen molar-refractivity contribution in [2.45, 2.75) is 13.1 Å². The average Bonchev–Trinajstić information content (AvgIpc) is 3.23. The SMILES string of the molecule is Cc1cc(NC(=O)c2cnn(-c3cccc(Cl)c3)c2C(F)(F)F)ccc1Oc1cccnc1. The minimum absolute atomic E-state index is 0.0848. The lowest BCUT2D eigenvalue weighted by atomic mass is 10.1. The molecule has 6 nitrogen and oxygen atoms in total. The quantitative estimate of drug-likeness (QED) is 0.370. The van der Waals surface area contributed by atoms with E-state index in [2.05, 4.69) is 15.4 Å². The van der Waals surface area contributed by atoms with E-state index in [1.807, 2.05) is 0 Å². The highest BCUT2D eigenvalue weighted by Crippen LogP contribution is 2.35. The molecule has 0 fully saturated rings. The van der Waals surface area contributed by atoms with Gasteiger partial charge in [0.05, 0.1) is 23.6 Å². The molecule has 0 aliphatic heterocycles. The summed E-state index contributed by atoms with van der Waals surface area (Å²) in [4.78, 5) is 16.7. The first-order valence-electron chi connectivity index (χ1n) is 9.63. The fraction of sp³-hybridized carbons (Fsp3) is 0.0870. The monoisotopic (exact) mass is 472 g/mol. The third-order valence-electron chi connectivity index (χ3n) is 4.63. The molecule has 10 heteroatoms. The maximum absolute atomic E-state index is 13.9. The maximum Gasteiger partial charge on any atom is 0.434 e. The van der Waals surface area contributed by atoms with Gasteiger partial charge in [-0.15, -0.1) is 0 Å². The van der Waals surface area contributed by atoms with Crippen molar-refractivity contribution in [2.75, 3.05) is 5.32 Å². The Morgan fingerprint density at radius 1 is 1.09 bits per heavy atom. The molecule has 0 radical (unpaired) electrons. The van der Waals surface area contributed by atoms with E-state index in [0.29, 0.717) is 27.4 Å². The Kier molecular flexibility index (Phi) is 6.06. The standard InChI is InChI=1S/C23H16ClF3N4O2/c1-14-10-16(7-8-20(14)33-18-6-3-9-28-12-18)30-22(32)19-13-29-31(21(19)23(25,26)27)17-5-2-4-15(24)11-17/h2-13H,1H3,(H,30,32). The second kappa shape index (κ2) is 8.95. The number of halogens is 4. The van der Waals surface area contributed by atoms with Crippen molar-refractivity contribution in [1.82, 2.24) is 14.8 Å². The number of hydrogen-bond donors (Lipinski definition) is 1. The van der Waals surface area contributed by atoms with Gasteiger partial charge in [-0.2, -0.15) is 18.3 Å². The normalized spacial score (nSPS) is 11.3. The summed E-state index contributed by atoms with van der Waals surface area (Å²) in [6.45, 7) is 1.75. The van der Waals surface area contributed by atoms with Crippen LogP contribution in [0, 0.1) is 6.92 Å². The summed E-state index contributed by atoms with van der Waals surface area (Å²) < 4.78 is 47.9. The van der Waals surface area contributed by atoms with Gasteiger partial charge in [-0.1, -0.05) is 17.7 Å². The number of hydrogen-bond acceptors (Lipinski definition) is 4. The number of pyridine rings is 1. The molecule has 2 aromatic carbocycles. The highest BCUT2D eigenvalue weighted by molar-refractivity contribution is 6.30. The molecule has 2 heterocycles. The molecule has 0 unspecified atom stereocenters. The van der Waals surface area contributed by atoms with Gasteiger partial charge in [0, 0.05) is 16.9 Å². The molecule has 0 aliphatic carbocycles. The Bertz CT molecular complexity index is 1310. The first-order valence-corrected chi connectivity index (χ1v) is 10.0. The number of nitrogens with one attached hydrogen (secondary N) is 1. The number of benzene rings is 2. The number of amides is 1. The summed E-state index contributed by atoms with van der Waals surface area (Å²) >= 11 is 5.90. The Hall–Kier alpha value is -3.85. The number of anilines is 1. The van der Waals surface area contributed by atoms with Crippen LogP contribution in [-0.2, 0) is 6.18 Å². The van der Waals surface area contributed by atoms with Crippen molar-refractivity contribution in [3.63, 3.8) is 0 Å². The van der Waals surface area contributed by atoms with Gasteiger partial charge in [-0.05, 0) is 61.0 Å². The molecule has 0 bridgehead atoms. The topological polar surface area (TPSA) is 69.0 Å². The van der Waals surface area contributed by atoms with Crippen molar-refractivity contribution in [1.29, 1.82) is 0 Å². The van der Waals surface area contributed by atoms with Gasteiger partial charge in [0.25, 0.3) is 5.91 Å². The summed E-state index contributed by atoms with van der Waals surface area (Å²) in [5.41, 5.74) is -0.755. The highest BCUT2D eigenvalue weighted by atomic mass is 35.5. The molecule has 168 valence electrons. The molecule has 0 spiro atoms. The van der Waals surface area contributed by atoms with Crippen molar-refractivity contribution in [3.8, 4) is 17.2 Å². The van der Waals surface area contributed by atoms with E-state index < -0.39 is 23.3 Å². The zero-order valence-electron chi connectivity index (χ0n) is 17.1. The first kappa shape index (κ1) is 22.3. The summed E-state index contributed by atoms with van der Waals surface area (Å²) in [6, 6.07) is 14.0. The minimum atomic E-state index is -4.83. The molecule has 4 aromatic rings. The molecule has 4 rings (SSSR count). The van der Waals surface area contributed by atoms with E-state index in [0.717, 1.165) is 6.20 Å². The zero-order valence-corrected chi connectivity index (χ0v) is 17.9. The second-order valence-corrected chi connectivity index (χ2v) is 7.46. The van der Waals surface area contributed by atoms with Crippen LogP contribution >= 0.6 is 11.6 Å². The van der Waals surface area contributed by atoms with Crippen LogP contribution in [0.5, 0.6) is 11.5 Å². The van der Waals surface area contributed by atoms with Crippen LogP contribution in [0.4, 0.5) is 18.9 Å². The fourth-order valence-corrected chi connectivity index (χ4v) is 3.35. The summed E-state index contributed by atoms with van der Waals surface area (Å²) in [7, 11) is 0. The highest BCUT2D eigenvalue weighted by Gasteiger charge is 2.40. The molecule has 33 heavy (non-hydrogen) atoms. The Balaban J connectivity index is 1.60. The molecule has 0 atom stereocenters. The Labute approximate surface area is 191 Å². The van der Waals surface area contributed by atoms with Crippen molar-refractivity contribution >= 4 is 23.2 Å². The number of alkyl halides is 3. The summed E-state index contributed by atoms with van der Waals surface area (Å²) in [5.74, 6) is 0.0994. The molecule has 0 saturated heterocycles. The maximum atomic E-state index is 13.9. The van der Waals surface area contributed by atoms with Gasteiger partial charge >= 0.3 is 6.18 Å². The lowest BCUT2D eigenvalue weighted by Gasteiger charge is -2.14. The van der Waals surface area contributed by atoms with Crippen LogP contribution in [0.1, 0.15) is 21.6 Å². The van der Waals surface area contributed by atoms with E-state index in [1.54, 1.807) is 43.6 Å². The van der Waals surface area contributed by atoms with Crippen LogP contribution in [-0.4, -0.2) is 20.7 Å². The number of rotatable bonds is 5. The molecule has 2 aromatic heterocycles. The molecular weight excluding hydrogens is 457 g/mol. The predicted octanol–water partition coefficient (Wildman–Crippen LogP) is 6.29. The Morgan fingerprint density at radius 3 is 2.58 bits per heavy atom. The van der Waals surface area contributed by atoms with Gasteiger partial charge in [-0.3, -0.25) is 9.78 Å². The lowest BCUT2D eigenvalue weighted by molar-refractivity contribution is -0.143. The average molecular weight is 473 g/mol. The van der Waals surface area contributed by atoms with Crippen LogP contribution in [0.25, 0.3) is 5.69 Å². The second-order valence-electron chi connectivity index (χ2n) is 7.02.